The van der Waals surface area contributed by atoms with Crippen molar-refractivity contribution >= 4 is 16.8 Å². The molecule has 0 bridgehead atoms. The van der Waals surface area contributed by atoms with Crippen LogP contribution in [0.1, 0.15) is 27.4 Å². The van der Waals surface area contributed by atoms with Crippen LogP contribution in [-0.2, 0) is 26.7 Å². The van der Waals surface area contributed by atoms with E-state index in [4.69, 9.17) is 0 Å². The average molecular weight is 341 g/mol. The van der Waals surface area contributed by atoms with E-state index in [-0.39, 0.29) is 11.7 Å². The van der Waals surface area contributed by atoms with Crippen molar-refractivity contribution < 1.29 is 9.18 Å². The summed E-state index contributed by atoms with van der Waals surface area (Å²) in [5.41, 5.74) is 4.14. The molecule has 2 N–H and O–H groups in total. The summed E-state index contributed by atoms with van der Waals surface area (Å²) in [5, 5.41) is 11.5. The van der Waals surface area contributed by atoms with Crippen molar-refractivity contribution in [2.75, 3.05) is 6.54 Å². The summed E-state index contributed by atoms with van der Waals surface area (Å²) in [5.74, 6) is -0.480. The Morgan fingerprint density at radius 2 is 2.24 bits per heavy atom. The minimum absolute atomic E-state index is 0.180. The highest BCUT2D eigenvalue weighted by Crippen LogP contribution is 2.25. The minimum Gasteiger partial charge on any atom is -0.345 e. The standard InChI is InChI=1S/C18H20FN5O/c1-11-15-7-12(19)3-4-16(15)23(2)17(11)18(25)21-9-13-8-14-10-20-5-6-24(14)22-13/h3-4,7-8,20H,5-6,9-10H2,1-2H3,(H,21,25). The summed E-state index contributed by atoms with van der Waals surface area (Å²) < 4.78 is 17.3. The van der Waals surface area contributed by atoms with Crippen molar-refractivity contribution in [3.05, 3.63) is 52.7 Å². The molecule has 0 saturated heterocycles. The maximum atomic E-state index is 13.5. The topological polar surface area (TPSA) is 63.9 Å². The molecule has 3 aromatic rings. The van der Waals surface area contributed by atoms with Crippen LogP contribution in [0.25, 0.3) is 10.9 Å². The van der Waals surface area contributed by atoms with Gasteiger partial charge < -0.3 is 15.2 Å². The first kappa shape index (κ1) is 15.8. The highest BCUT2D eigenvalue weighted by Gasteiger charge is 2.19. The molecule has 0 fully saturated rings. The Kier molecular flexibility index (Phi) is 3.80. The molecule has 7 heteroatoms. The lowest BCUT2D eigenvalue weighted by Crippen LogP contribution is -2.28. The summed E-state index contributed by atoms with van der Waals surface area (Å²) in [6.45, 7) is 4.77. The van der Waals surface area contributed by atoms with E-state index >= 15 is 0 Å². The second-order valence-corrected chi connectivity index (χ2v) is 6.40. The Morgan fingerprint density at radius 3 is 3.04 bits per heavy atom. The van der Waals surface area contributed by atoms with Gasteiger partial charge in [-0.25, -0.2) is 4.39 Å². The fourth-order valence-corrected chi connectivity index (χ4v) is 3.52. The number of aromatic nitrogens is 3. The Morgan fingerprint density at radius 1 is 1.40 bits per heavy atom. The van der Waals surface area contributed by atoms with Crippen molar-refractivity contribution in [2.24, 2.45) is 7.05 Å². The molecule has 6 nitrogen and oxygen atoms in total. The molecule has 4 rings (SSSR count). The van der Waals surface area contributed by atoms with Crippen LogP contribution in [0, 0.1) is 12.7 Å². The van der Waals surface area contributed by atoms with Crippen LogP contribution >= 0.6 is 0 Å². The van der Waals surface area contributed by atoms with Crippen LogP contribution in [0.15, 0.2) is 24.3 Å². The van der Waals surface area contributed by atoms with Gasteiger partial charge in [-0.2, -0.15) is 5.10 Å². The summed E-state index contributed by atoms with van der Waals surface area (Å²) in [6.07, 6.45) is 0. The normalized spacial score (nSPS) is 13.9. The molecule has 1 aliphatic rings. The van der Waals surface area contributed by atoms with E-state index in [9.17, 15) is 9.18 Å². The van der Waals surface area contributed by atoms with E-state index in [1.807, 2.05) is 29.3 Å². The predicted molar refractivity (Wildman–Crippen MR) is 92.7 cm³/mol. The fourth-order valence-electron chi connectivity index (χ4n) is 3.52. The molecule has 25 heavy (non-hydrogen) atoms. The number of aryl methyl sites for hydroxylation is 2. The summed E-state index contributed by atoms with van der Waals surface area (Å²) >= 11 is 0. The molecule has 0 spiro atoms. The molecule has 1 amide bonds. The number of nitrogens with one attached hydrogen (secondary N) is 2. The van der Waals surface area contributed by atoms with Gasteiger partial charge in [-0.05, 0) is 36.8 Å². The molecule has 0 radical (unpaired) electrons. The van der Waals surface area contributed by atoms with Gasteiger partial charge in [-0.1, -0.05) is 0 Å². The highest BCUT2D eigenvalue weighted by molar-refractivity contribution is 6.01. The lowest BCUT2D eigenvalue weighted by atomic mass is 10.1. The third-order valence-corrected chi connectivity index (χ3v) is 4.78. The molecule has 0 aliphatic carbocycles. The van der Waals surface area contributed by atoms with Crippen molar-refractivity contribution in [3.8, 4) is 0 Å². The number of carbonyl (C=O) groups excluding carboxylic acids is 1. The SMILES string of the molecule is Cc1c(C(=O)NCc2cc3n(n2)CCNC3)n(C)c2ccc(F)cc12. The summed E-state index contributed by atoms with van der Waals surface area (Å²) in [7, 11) is 1.82. The zero-order valence-corrected chi connectivity index (χ0v) is 14.3. The van der Waals surface area contributed by atoms with E-state index in [0.717, 1.165) is 47.5 Å². The Balaban J connectivity index is 1.57. The van der Waals surface area contributed by atoms with Crippen LogP contribution in [0.2, 0.25) is 0 Å². The van der Waals surface area contributed by atoms with Crippen molar-refractivity contribution in [1.29, 1.82) is 0 Å². The van der Waals surface area contributed by atoms with E-state index < -0.39 is 0 Å². The quantitative estimate of drug-likeness (QED) is 0.764. The molecule has 0 saturated carbocycles. The Labute approximate surface area is 144 Å². The Hall–Kier alpha value is -2.67. The van der Waals surface area contributed by atoms with Gasteiger partial charge in [0, 0.05) is 31.0 Å². The highest BCUT2D eigenvalue weighted by atomic mass is 19.1. The maximum Gasteiger partial charge on any atom is 0.268 e. The second-order valence-electron chi connectivity index (χ2n) is 6.40. The number of nitrogens with zero attached hydrogens (tertiary/aromatic N) is 3. The van der Waals surface area contributed by atoms with Crippen LogP contribution < -0.4 is 10.6 Å². The van der Waals surface area contributed by atoms with E-state index in [0.29, 0.717) is 12.2 Å². The van der Waals surface area contributed by atoms with Gasteiger partial charge in [0.05, 0.1) is 24.5 Å². The van der Waals surface area contributed by atoms with Gasteiger partial charge in [-0.15, -0.1) is 0 Å². The van der Waals surface area contributed by atoms with Gasteiger partial charge in [0.15, 0.2) is 0 Å². The van der Waals surface area contributed by atoms with Crippen molar-refractivity contribution in [1.82, 2.24) is 25.0 Å². The molecule has 0 atom stereocenters. The van der Waals surface area contributed by atoms with Crippen molar-refractivity contribution in [3.63, 3.8) is 0 Å². The summed E-state index contributed by atoms with van der Waals surface area (Å²) in [6, 6.07) is 6.59. The maximum absolute atomic E-state index is 13.5. The molecular formula is C18H20FN5O. The monoisotopic (exact) mass is 341 g/mol. The van der Waals surface area contributed by atoms with E-state index in [1.165, 1.54) is 12.1 Å². The van der Waals surface area contributed by atoms with Crippen LogP contribution in [0.5, 0.6) is 0 Å². The number of hydrogen-bond acceptors (Lipinski definition) is 3. The first-order valence-electron chi connectivity index (χ1n) is 8.33. The van der Waals surface area contributed by atoms with Crippen LogP contribution in [0.3, 0.4) is 0 Å². The number of hydrogen-bond donors (Lipinski definition) is 2. The van der Waals surface area contributed by atoms with Gasteiger partial charge in [-0.3, -0.25) is 9.48 Å². The number of fused-ring (bicyclic) bond motifs is 2. The molecule has 130 valence electrons. The lowest BCUT2D eigenvalue weighted by Gasteiger charge is -2.13. The number of carbonyl (C=O) groups is 1. The van der Waals surface area contributed by atoms with E-state index in [2.05, 4.69) is 15.7 Å². The number of halogens is 1. The molecule has 2 aromatic heterocycles. The van der Waals surface area contributed by atoms with Crippen molar-refractivity contribution in [2.45, 2.75) is 26.6 Å². The van der Waals surface area contributed by atoms with Gasteiger partial charge in [0.2, 0.25) is 0 Å². The predicted octanol–water partition coefficient (Wildman–Crippen LogP) is 1.86. The molecular weight excluding hydrogens is 321 g/mol. The number of rotatable bonds is 3. The average Bonchev–Trinajstić information content (AvgIpc) is 3.12. The van der Waals surface area contributed by atoms with Crippen LogP contribution in [0.4, 0.5) is 4.39 Å². The minimum atomic E-state index is -0.301. The van der Waals surface area contributed by atoms with Gasteiger partial charge in [0.1, 0.15) is 11.5 Å². The van der Waals surface area contributed by atoms with Gasteiger partial charge >= 0.3 is 0 Å². The van der Waals surface area contributed by atoms with Crippen LogP contribution in [-0.4, -0.2) is 26.8 Å². The third kappa shape index (κ3) is 2.70. The number of benzene rings is 1. The second kappa shape index (κ2) is 6.00. The first-order valence-corrected chi connectivity index (χ1v) is 8.33. The smallest absolute Gasteiger partial charge is 0.268 e. The lowest BCUT2D eigenvalue weighted by molar-refractivity contribution is 0.0942. The molecule has 0 unspecified atom stereocenters. The molecule has 1 aromatic carbocycles. The first-order chi connectivity index (χ1) is 12.0. The third-order valence-electron chi connectivity index (χ3n) is 4.78. The van der Waals surface area contributed by atoms with Gasteiger partial charge in [0.25, 0.3) is 5.91 Å². The largest absolute Gasteiger partial charge is 0.345 e. The van der Waals surface area contributed by atoms with E-state index in [1.54, 1.807) is 6.07 Å². The Bertz CT molecular complexity index is 948. The summed E-state index contributed by atoms with van der Waals surface area (Å²) in [4.78, 5) is 12.7. The zero-order valence-electron chi connectivity index (χ0n) is 14.3. The molecule has 1 aliphatic heterocycles. The number of amides is 1. The fraction of sp³-hybridized carbons (Fsp3) is 0.333. The molecule has 3 heterocycles. The zero-order chi connectivity index (χ0) is 17.6.